The Labute approximate surface area is 179 Å². The number of carbonyl (C=O) groups is 1. The number of anilines is 1. The second-order valence-corrected chi connectivity index (χ2v) is 9.66. The minimum atomic E-state index is -3.90. The van der Waals surface area contributed by atoms with E-state index in [1.165, 1.54) is 0 Å². The van der Waals surface area contributed by atoms with Gasteiger partial charge in [-0.3, -0.25) is 10.1 Å². The lowest BCUT2D eigenvalue weighted by Gasteiger charge is -2.15. The van der Waals surface area contributed by atoms with Crippen molar-refractivity contribution in [2.24, 2.45) is 0 Å². The standard InChI is InChI=1S/C20H22N4O4S2/c1-13-7-6-9-16(11-13)18(25)21-19-22-23-20(29-19)30(26,27)24-15(3)12-28-17-10-5-4-8-14(17)2/h4-11,15,24H,12H2,1-3H3,(H,21,22,25). The number of para-hydroxylation sites is 1. The van der Waals surface area contributed by atoms with E-state index in [1.54, 1.807) is 25.1 Å². The first-order chi connectivity index (χ1) is 14.2. The van der Waals surface area contributed by atoms with Crippen LogP contribution in [0.5, 0.6) is 5.75 Å². The van der Waals surface area contributed by atoms with E-state index in [-0.39, 0.29) is 22.0 Å². The molecular weight excluding hydrogens is 424 g/mol. The van der Waals surface area contributed by atoms with Gasteiger partial charge in [0.15, 0.2) is 0 Å². The number of sulfonamides is 1. The molecule has 3 rings (SSSR count). The third-order valence-corrected chi connectivity index (χ3v) is 6.87. The van der Waals surface area contributed by atoms with Crippen LogP contribution in [0.1, 0.15) is 28.4 Å². The minimum absolute atomic E-state index is 0.102. The lowest BCUT2D eigenvalue weighted by molar-refractivity contribution is 0.102. The van der Waals surface area contributed by atoms with Crippen molar-refractivity contribution in [3.05, 3.63) is 65.2 Å². The van der Waals surface area contributed by atoms with Gasteiger partial charge in [0.2, 0.25) is 9.47 Å². The molecule has 1 heterocycles. The molecule has 0 aliphatic heterocycles. The number of aryl methyl sites for hydroxylation is 2. The van der Waals surface area contributed by atoms with Crippen molar-refractivity contribution in [2.45, 2.75) is 31.2 Å². The number of aromatic nitrogens is 2. The van der Waals surface area contributed by atoms with Gasteiger partial charge in [0, 0.05) is 5.56 Å². The van der Waals surface area contributed by atoms with Crippen molar-refractivity contribution in [3.63, 3.8) is 0 Å². The van der Waals surface area contributed by atoms with Crippen LogP contribution in [0.4, 0.5) is 5.13 Å². The summed E-state index contributed by atoms with van der Waals surface area (Å²) in [5, 5.41) is 10.1. The molecule has 2 aromatic carbocycles. The van der Waals surface area contributed by atoms with Crippen LogP contribution in [0, 0.1) is 13.8 Å². The predicted octanol–water partition coefficient (Wildman–Crippen LogP) is 3.15. The Hall–Kier alpha value is -2.82. The van der Waals surface area contributed by atoms with Crippen LogP contribution < -0.4 is 14.8 Å². The lowest BCUT2D eigenvalue weighted by atomic mass is 10.1. The molecular formula is C20H22N4O4S2. The summed E-state index contributed by atoms with van der Waals surface area (Å²) in [6.07, 6.45) is 0. The molecule has 0 saturated heterocycles. The van der Waals surface area contributed by atoms with E-state index in [2.05, 4.69) is 20.2 Å². The summed E-state index contributed by atoms with van der Waals surface area (Å²) in [5.41, 5.74) is 2.36. The highest BCUT2D eigenvalue weighted by atomic mass is 32.2. The molecule has 1 unspecified atom stereocenters. The van der Waals surface area contributed by atoms with Crippen LogP contribution in [-0.4, -0.2) is 37.2 Å². The molecule has 0 aliphatic carbocycles. The number of nitrogens with one attached hydrogen (secondary N) is 2. The molecule has 0 fully saturated rings. The van der Waals surface area contributed by atoms with Gasteiger partial charge in [0.05, 0.1) is 6.04 Å². The number of carbonyl (C=O) groups excluding carboxylic acids is 1. The van der Waals surface area contributed by atoms with Crippen LogP contribution >= 0.6 is 11.3 Å². The quantitative estimate of drug-likeness (QED) is 0.514. The van der Waals surface area contributed by atoms with Gasteiger partial charge >= 0.3 is 0 Å². The van der Waals surface area contributed by atoms with E-state index >= 15 is 0 Å². The Kier molecular flexibility index (Phi) is 6.80. The number of amides is 1. The molecule has 0 spiro atoms. The van der Waals surface area contributed by atoms with Crippen molar-refractivity contribution in [1.82, 2.24) is 14.9 Å². The lowest BCUT2D eigenvalue weighted by Crippen LogP contribution is -2.36. The van der Waals surface area contributed by atoms with Gasteiger partial charge in [0.1, 0.15) is 12.4 Å². The monoisotopic (exact) mass is 446 g/mol. The summed E-state index contributed by atoms with van der Waals surface area (Å²) >= 11 is 0.780. The van der Waals surface area contributed by atoms with Gasteiger partial charge in [-0.15, -0.1) is 10.2 Å². The van der Waals surface area contributed by atoms with Crippen LogP contribution in [0.15, 0.2) is 52.9 Å². The zero-order valence-electron chi connectivity index (χ0n) is 16.7. The molecule has 0 radical (unpaired) electrons. The van der Waals surface area contributed by atoms with E-state index in [1.807, 2.05) is 44.2 Å². The fourth-order valence-electron chi connectivity index (χ4n) is 2.61. The third kappa shape index (κ3) is 5.62. The zero-order valence-corrected chi connectivity index (χ0v) is 18.4. The number of hydrogen-bond donors (Lipinski definition) is 2. The first kappa shape index (κ1) is 21.9. The largest absolute Gasteiger partial charge is 0.492 e. The maximum Gasteiger partial charge on any atom is 0.270 e. The zero-order chi connectivity index (χ0) is 21.7. The van der Waals surface area contributed by atoms with E-state index in [0.29, 0.717) is 11.3 Å². The molecule has 0 saturated carbocycles. The summed E-state index contributed by atoms with van der Waals surface area (Å²) in [4.78, 5) is 12.3. The van der Waals surface area contributed by atoms with Gasteiger partial charge in [-0.1, -0.05) is 47.2 Å². The molecule has 2 N–H and O–H groups in total. The maximum atomic E-state index is 12.6. The summed E-state index contributed by atoms with van der Waals surface area (Å²) in [6, 6.07) is 14.0. The van der Waals surface area contributed by atoms with E-state index in [9.17, 15) is 13.2 Å². The van der Waals surface area contributed by atoms with E-state index in [0.717, 1.165) is 22.5 Å². The Balaban J connectivity index is 1.60. The normalized spacial score (nSPS) is 12.4. The van der Waals surface area contributed by atoms with Crippen LogP contribution in [0.25, 0.3) is 0 Å². The highest BCUT2D eigenvalue weighted by molar-refractivity contribution is 7.91. The average Bonchev–Trinajstić information content (AvgIpc) is 3.16. The molecule has 0 bridgehead atoms. The molecule has 30 heavy (non-hydrogen) atoms. The number of hydrogen-bond acceptors (Lipinski definition) is 7. The minimum Gasteiger partial charge on any atom is -0.492 e. The number of ether oxygens (including phenoxy) is 1. The van der Waals surface area contributed by atoms with Crippen LogP contribution in [-0.2, 0) is 10.0 Å². The van der Waals surface area contributed by atoms with E-state index in [4.69, 9.17) is 4.74 Å². The average molecular weight is 447 g/mol. The highest BCUT2D eigenvalue weighted by Gasteiger charge is 2.23. The summed E-state index contributed by atoms with van der Waals surface area (Å²) in [6.45, 7) is 5.64. The Morgan fingerprint density at radius 1 is 1.13 bits per heavy atom. The van der Waals surface area contributed by atoms with Gasteiger partial charge < -0.3 is 4.74 Å². The Bertz CT molecular complexity index is 1140. The molecule has 0 aliphatic rings. The highest BCUT2D eigenvalue weighted by Crippen LogP contribution is 2.21. The third-order valence-electron chi connectivity index (χ3n) is 4.08. The van der Waals surface area contributed by atoms with Crippen molar-refractivity contribution < 1.29 is 17.9 Å². The van der Waals surface area contributed by atoms with Crippen molar-refractivity contribution in [3.8, 4) is 5.75 Å². The van der Waals surface area contributed by atoms with Gasteiger partial charge in [0.25, 0.3) is 15.9 Å². The summed E-state index contributed by atoms with van der Waals surface area (Å²) < 4.78 is 33.1. The van der Waals surface area contributed by atoms with Gasteiger partial charge in [-0.25, -0.2) is 13.1 Å². The molecule has 8 nitrogen and oxygen atoms in total. The van der Waals surface area contributed by atoms with Gasteiger partial charge in [-0.05, 0) is 44.5 Å². The first-order valence-electron chi connectivity index (χ1n) is 9.17. The summed E-state index contributed by atoms with van der Waals surface area (Å²) in [5.74, 6) is 0.312. The smallest absolute Gasteiger partial charge is 0.270 e. The van der Waals surface area contributed by atoms with E-state index < -0.39 is 16.1 Å². The number of benzene rings is 2. The maximum absolute atomic E-state index is 12.6. The predicted molar refractivity (Wildman–Crippen MR) is 115 cm³/mol. The molecule has 3 aromatic rings. The van der Waals surface area contributed by atoms with Crippen LogP contribution in [0.2, 0.25) is 0 Å². The second-order valence-electron chi connectivity index (χ2n) is 6.80. The van der Waals surface area contributed by atoms with Crippen molar-refractivity contribution >= 4 is 32.4 Å². The number of rotatable bonds is 8. The molecule has 10 heteroatoms. The SMILES string of the molecule is Cc1cccc(C(=O)Nc2nnc(S(=O)(=O)NC(C)COc3ccccc3C)s2)c1. The molecule has 1 atom stereocenters. The topological polar surface area (TPSA) is 110 Å². The van der Waals surface area contributed by atoms with Gasteiger partial charge in [-0.2, -0.15) is 0 Å². The fraction of sp³-hybridized carbons (Fsp3) is 0.250. The Morgan fingerprint density at radius 2 is 1.90 bits per heavy atom. The second kappa shape index (κ2) is 9.33. The first-order valence-corrected chi connectivity index (χ1v) is 11.5. The van der Waals surface area contributed by atoms with Crippen molar-refractivity contribution in [2.75, 3.05) is 11.9 Å². The Morgan fingerprint density at radius 3 is 2.63 bits per heavy atom. The molecule has 1 amide bonds. The molecule has 1 aromatic heterocycles. The van der Waals surface area contributed by atoms with Crippen LogP contribution in [0.3, 0.4) is 0 Å². The van der Waals surface area contributed by atoms with Crippen molar-refractivity contribution in [1.29, 1.82) is 0 Å². The fourth-order valence-corrected chi connectivity index (χ4v) is 4.75. The summed E-state index contributed by atoms with van der Waals surface area (Å²) in [7, 11) is -3.90. The number of nitrogens with zero attached hydrogens (tertiary/aromatic N) is 2. The molecule has 158 valence electrons.